The molecule has 0 spiro atoms. The van der Waals surface area contributed by atoms with Crippen LogP contribution in [0.4, 0.5) is 0 Å². The van der Waals surface area contributed by atoms with Gasteiger partial charge in [0.25, 0.3) is 0 Å². The van der Waals surface area contributed by atoms with Crippen LogP contribution in [0.25, 0.3) is 0 Å². The van der Waals surface area contributed by atoms with Gasteiger partial charge >= 0.3 is 0 Å². The van der Waals surface area contributed by atoms with E-state index in [1.54, 1.807) is 0 Å². The highest BCUT2D eigenvalue weighted by molar-refractivity contribution is 5.21. The van der Waals surface area contributed by atoms with Gasteiger partial charge in [0.2, 0.25) is 0 Å². The Morgan fingerprint density at radius 1 is 0.704 bits per heavy atom. The SMILES string of the molecule is CC(C)=CCC=C(C)C1CC[C@]2(C)C3C(C)CC4C(C)(C)C(O[C@H]5O[C@H](CO)[C@@H](O)[C@H](O)[C@H]5O[C@@H]5O[C@H](CO)[C@@H](O)[C@H](O)[C@@H]5O)CC[C@]4(C)C3C[C@H](O)C12. The van der Waals surface area contributed by atoms with E-state index in [0.717, 1.165) is 38.5 Å². The molecule has 6 aliphatic rings. The zero-order chi connectivity index (χ0) is 39.7. The zero-order valence-corrected chi connectivity index (χ0v) is 33.6. The van der Waals surface area contributed by atoms with E-state index in [2.05, 4.69) is 67.5 Å². The van der Waals surface area contributed by atoms with Crippen molar-refractivity contribution >= 4 is 0 Å². The summed E-state index contributed by atoms with van der Waals surface area (Å²) in [5, 5.41) is 85.4. The van der Waals surface area contributed by atoms with Crippen LogP contribution in [-0.2, 0) is 18.9 Å². The molecule has 7 unspecified atom stereocenters. The van der Waals surface area contributed by atoms with E-state index in [9.17, 15) is 40.9 Å². The Labute approximate surface area is 321 Å². The molecule has 0 aromatic heterocycles. The lowest BCUT2D eigenvalue weighted by molar-refractivity contribution is -0.378. The Morgan fingerprint density at radius 2 is 1.31 bits per heavy atom. The average Bonchev–Trinajstić information content (AvgIpc) is 3.48. The Bertz CT molecular complexity index is 1360. The third-order valence-corrected chi connectivity index (χ3v) is 15.6. The number of aliphatic hydroxyl groups excluding tert-OH is 8. The molecule has 2 aliphatic heterocycles. The van der Waals surface area contributed by atoms with Crippen molar-refractivity contribution in [3.8, 4) is 0 Å². The molecule has 0 bridgehead atoms. The van der Waals surface area contributed by atoms with Gasteiger partial charge in [-0.05, 0) is 117 Å². The van der Waals surface area contributed by atoms with Gasteiger partial charge in [0.15, 0.2) is 12.6 Å². The standard InChI is InChI=1S/C42H70O12/c1-20(2)10-9-11-21(3)23-12-14-42(8)30-22(4)16-28-40(5,6)29(13-15-41(28,7)24(30)17-25(45)31(23)42)53-39-37(35(49)33(47)27(19-44)52-39)54-38-36(50)34(48)32(46)26(18-43)51-38/h10-11,22-39,43-50H,9,12-19H2,1-8H3/t22?,23?,24?,25-,26+,27+,28?,29?,30?,31?,32+,33+,34-,35-,36-,37+,38-,39+,41+,42+/m0/s1. The number of fused-ring (bicyclic) bond motifs is 5. The van der Waals surface area contributed by atoms with Crippen LogP contribution in [0, 0.1) is 51.8 Å². The van der Waals surface area contributed by atoms with Crippen molar-refractivity contribution in [3.05, 3.63) is 23.3 Å². The maximum atomic E-state index is 12.1. The van der Waals surface area contributed by atoms with Gasteiger partial charge < -0.3 is 59.8 Å². The Morgan fingerprint density at radius 3 is 1.94 bits per heavy atom. The maximum absolute atomic E-state index is 12.1. The van der Waals surface area contributed by atoms with Crippen molar-refractivity contribution in [3.63, 3.8) is 0 Å². The van der Waals surface area contributed by atoms with Crippen LogP contribution in [0.5, 0.6) is 0 Å². The van der Waals surface area contributed by atoms with Crippen molar-refractivity contribution < 1.29 is 59.8 Å². The lowest BCUT2D eigenvalue weighted by atomic mass is 9.38. The van der Waals surface area contributed by atoms with Crippen molar-refractivity contribution in [2.75, 3.05) is 13.2 Å². The van der Waals surface area contributed by atoms with Crippen molar-refractivity contribution in [1.29, 1.82) is 0 Å². The molecule has 12 nitrogen and oxygen atoms in total. The highest BCUT2D eigenvalue weighted by atomic mass is 16.8. The monoisotopic (exact) mass is 766 g/mol. The van der Waals surface area contributed by atoms with E-state index < -0.39 is 80.0 Å². The van der Waals surface area contributed by atoms with Gasteiger partial charge in [-0.1, -0.05) is 57.9 Å². The zero-order valence-electron chi connectivity index (χ0n) is 33.6. The lowest BCUT2D eigenvalue weighted by Gasteiger charge is -2.68. The lowest BCUT2D eigenvalue weighted by Crippen LogP contribution is -2.66. The fourth-order valence-corrected chi connectivity index (χ4v) is 12.9. The number of hydrogen-bond acceptors (Lipinski definition) is 12. The van der Waals surface area contributed by atoms with Gasteiger partial charge in [-0.2, -0.15) is 0 Å². The molecule has 2 saturated heterocycles. The van der Waals surface area contributed by atoms with Crippen molar-refractivity contribution in [2.24, 2.45) is 51.8 Å². The van der Waals surface area contributed by atoms with E-state index in [0.29, 0.717) is 30.1 Å². The fourth-order valence-electron chi connectivity index (χ4n) is 12.9. The minimum atomic E-state index is -1.74. The van der Waals surface area contributed by atoms with E-state index in [1.807, 2.05) is 0 Å². The van der Waals surface area contributed by atoms with Crippen LogP contribution in [0.2, 0.25) is 0 Å². The molecule has 0 aromatic carbocycles. The summed E-state index contributed by atoms with van der Waals surface area (Å²) in [6.45, 7) is 17.0. The third kappa shape index (κ3) is 7.21. The van der Waals surface area contributed by atoms with Crippen LogP contribution < -0.4 is 0 Å². The predicted octanol–water partition coefficient (Wildman–Crippen LogP) is 2.81. The Kier molecular flexibility index (Phi) is 12.6. The first kappa shape index (κ1) is 42.6. The topological polar surface area (TPSA) is 199 Å². The van der Waals surface area contributed by atoms with Crippen LogP contribution in [-0.4, -0.2) is 128 Å². The molecule has 0 aromatic rings. The molecule has 4 aliphatic carbocycles. The molecule has 12 heteroatoms. The molecule has 0 radical (unpaired) electrons. The highest BCUT2D eigenvalue weighted by Crippen LogP contribution is 2.72. The highest BCUT2D eigenvalue weighted by Gasteiger charge is 2.68. The van der Waals surface area contributed by atoms with Gasteiger partial charge in [0.05, 0.1) is 25.4 Å². The van der Waals surface area contributed by atoms with E-state index in [-0.39, 0.29) is 34.9 Å². The minimum Gasteiger partial charge on any atom is -0.394 e. The van der Waals surface area contributed by atoms with E-state index in [1.165, 1.54) is 11.1 Å². The van der Waals surface area contributed by atoms with Gasteiger partial charge in [-0.3, -0.25) is 0 Å². The van der Waals surface area contributed by atoms with Crippen LogP contribution in [0.15, 0.2) is 23.3 Å². The second-order valence-electron chi connectivity index (χ2n) is 19.3. The summed E-state index contributed by atoms with van der Waals surface area (Å²) < 4.78 is 24.4. The molecule has 6 fully saturated rings. The van der Waals surface area contributed by atoms with Crippen LogP contribution >= 0.6 is 0 Å². The van der Waals surface area contributed by atoms with Crippen LogP contribution in [0.1, 0.15) is 100 Å². The molecule has 20 atom stereocenters. The van der Waals surface area contributed by atoms with Crippen molar-refractivity contribution in [1.82, 2.24) is 0 Å². The number of ether oxygens (including phenoxy) is 4. The number of allylic oxidation sites excluding steroid dienone is 4. The quantitative estimate of drug-likeness (QED) is 0.126. The molecule has 6 rings (SSSR count). The fraction of sp³-hybridized carbons (Fsp3) is 0.905. The first-order valence-electron chi connectivity index (χ1n) is 20.5. The largest absolute Gasteiger partial charge is 0.394 e. The summed E-state index contributed by atoms with van der Waals surface area (Å²) >= 11 is 0. The Balaban J connectivity index is 1.23. The summed E-state index contributed by atoms with van der Waals surface area (Å²) in [6.07, 6.45) is -4.62. The summed E-state index contributed by atoms with van der Waals surface area (Å²) in [7, 11) is 0. The second kappa shape index (κ2) is 16.0. The average molecular weight is 767 g/mol. The third-order valence-electron chi connectivity index (χ3n) is 15.6. The number of rotatable bonds is 9. The molecule has 8 N–H and O–H groups in total. The molecule has 4 saturated carbocycles. The summed E-state index contributed by atoms with van der Waals surface area (Å²) in [5.74, 6) is 2.09. The van der Waals surface area contributed by atoms with Gasteiger partial charge in [-0.25, -0.2) is 0 Å². The normalized spacial score (nSPS) is 51.9. The summed E-state index contributed by atoms with van der Waals surface area (Å²) in [5.41, 5.74) is 2.29. The molecular formula is C42H70O12. The van der Waals surface area contributed by atoms with Crippen LogP contribution in [0.3, 0.4) is 0 Å². The van der Waals surface area contributed by atoms with Crippen molar-refractivity contribution in [2.45, 2.75) is 174 Å². The minimum absolute atomic E-state index is 0.0324. The molecule has 54 heavy (non-hydrogen) atoms. The smallest absolute Gasteiger partial charge is 0.187 e. The summed E-state index contributed by atoms with van der Waals surface area (Å²) in [4.78, 5) is 0. The van der Waals surface area contributed by atoms with E-state index in [4.69, 9.17) is 18.9 Å². The van der Waals surface area contributed by atoms with Gasteiger partial charge in [-0.15, -0.1) is 0 Å². The Hall–Kier alpha value is -1.00. The molecule has 310 valence electrons. The first-order valence-corrected chi connectivity index (χ1v) is 20.5. The molecular weight excluding hydrogens is 696 g/mol. The number of aliphatic hydroxyl groups is 8. The van der Waals surface area contributed by atoms with Gasteiger partial charge in [0, 0.05) is 0 Å². The number of hydrogen-bond donors (Lipinski definition) is 8. The summed E-state index contributed by atoms with van der Waals surface area (Å²) in [6, 6.07) is 0. The van der Waals surface area contributed by atoms with E-state index >= 15 is 0 Å². The maximum Gasteiger partial charge on any atom is 0.187 e. The predicted molar refractivity (Wildman–Crippen MR) is 199 cm³/mol. The second-order valence-corrected chi connectivity index (χ2v) is 19.3. The first-order chi connectivity index (χ1) is 25.3. The molecule has 2 heterocycles. The molecule has 0 amide bonds. The van der Waals surface area contributed by atoms with Gasteiger partial charge in [0.1, 0.15) is 48.8 Å².